The molecule has 0 radical (unpaired) electrons. The van der Waals surface area contributed by atoms with E-state index in [4.69, 9.17) is 4.52 Å². The molecule has 0 bridgehead atoms. The van der Waals surface area contributed by atoms with Crippen molar-refractivity contribution in [1.29, 1.82) is 0 Å². The third-order valence-corrected chi connectivity index (χ3v) is 5.58. The average molecular weight is 325 g/mol. The Kier molecular flexibility index (Phi) is 4.72. The van der Waals surface area contributed by atoms with Crippen LogP contribution in [0.3, 0.4) is 0 Å². The molecule has 0 saturated heterocycles. The van der Waals surface area contributed by atoms with Crippen LogP contribution >= 0.6 is 0 Å². The van der Waals surface area contributed by atoms with Crippen LogP contribution in [0, 0.1) is 13.8 Å². The van der Waals surface area contributed by atoms with E-state index in [9.17, 15) is 4.21 Å². The zero-order valence-corrected chi connectivity index (χ0v) is 14.0. The van der Waals surface area contributed by atoms with Crippen molar-refractivity contribution >= 4 is 10.8 Å². The molecule has 3 aromatic rings. The summed E-state index contributed by atoms with van der Waals surface area (Å²) < 4.78 is 18.4. The number of benzene rings is 2. The van der Waals surface area contributed by atoms with Crippen LogP contribution in [-0.4, -0.2) is 9.37 Å². The van der Waals surface area contributed by atoms with Crippen molar-refractivity contribution < 1.29 is 8.73 Å². The summed E-state index contributed by atoms with van der Waals surface area (Å²) in [5.74, 6) is 1.19. The molecular weight excluding hydrogens is 306 g/mol. The summed E-state index contributed by atoms with van der Waals surface area (Å²) in [5.41, 5.74) is 3.88. The maximum Gasteiger partial charge on any atom is 0.138 e. The molecule has 23 heavy (non-hydrogen) atoms. The highest BCUT2D eigenvalue weighted by molar-refractivity contribution is 7.84. The van der Waals surface area contributed by atoms with E-state index in [1.54, 1.807) is 0 Å². The Morgan fingerprint density at radius 3 is 1.91 bits per heavy atom. The zero-order chi connectivity index (χ0) is 16.2. The molecule has 0 N–H and O–H groups in total. The van der Waals surface area contributed by atoms with Gasteiger partial charge in [0.2, 0.25) is 0 Å². The molecule has 0 spiro atoms. The minimum absolute atomic E-state index is 0.161. The number of hydrogen-bond acceptors (Lipinski definition) is 3. The quantitative estimate of drug-likeness (QED) is 0.701. The monoisotopic (exact) mass is 325 g/mol. The lowest BCUT2D eigenvalue weighted by Crippen LogP contribution is -2.11. The molecule has 0 fully saturated rings. The van der Waals surface area contributed by atoms with Crippen molar-refractivity contribution in [2.45, 2.75) is 24.9 Å². The van der Waals surface area contributed by atoms with E-state index in [-0.39, 0.29) is 5.25 Å². The standard InChI is InChI=1S/C19H19NO2S/c1-14-18(15(2)22-20-14)13-23(21)19(16-9-5-3-6-10-16)17-11-7-4-8-12-17/h3-12,19H,13H2,1-2H3/t23-/m1/s1. The molecule has 0 unspecified atom stereocenters. The smallest absolute Gasteiger partial charge is 0.138 e. The molecule has 3 nitrogen and oxygen atoms in total. The summed E-state index contributed by atoms with van der Waals surface area (Å²) in [6, 6.07) is 20.0. The van der Waals surface area contributed by atoms with Crippen LogP contribution in [0.25, 0.3) is 0 Å². The van der Waals surface area contributed by atoms with E-state index in [1.807, 2.05) is 74.5 Å². The van der Waals surface area contributed by atoms with Crippen LogP contribution in [0.1, 0.15) is 33.4 Å². The molecule has 2 aromatic carbocycles. The third kappa shape index (κ3) is 3.42. The van der Waals surface area contributed by atoms with Crippen LogP contribution < -0.4 is 0 Å². The van der Waals surface area contributed by atoms with Crippen molar-refractivity contribution in [1.82, 2.24) is 5.16 Å². The van der Waals surface area contributed by atoms with Crippen molar-refractivity contribution in [3.05, 3.63) is 88.8 Å². The lowest BCUT2D eigenvalue weighted by Gasteiger charge is -2.17. The summed E-state index contributed by atoms with van der Waals surface area (Å²) >= 11 is 0. The highest BCUT2D eigenvalue weighted by atomic mass is 32.2. The van der Waals surface area contributed by atoms with E-state index in [2.05, 4.69) is 5.16 Å². The number of aryl methyl sites for hydroxylation is 2. The van der Waals surface area contributed by atoms with Crippen LogP contribution in [0.15, 0.2) is 65.2 Å². The zero-order valence-electron chi connectivity index (χ0n) is 13.2. The van der Waals surface area contributed by atoms with Gasteiger partial charge in [0, 0.05) is 16.4 Å². The van der Waals surface area contributed by atoms with Gasteiger partial charge in [0.1, 0.15) is 5.76 Å². The Hall–Kier alpha value is -2.20. The molecule has 0 amide bonds. The second-order valence-electron chi connectivity index (χ2n) is 5.53. The lowest BCUT2D eigenvalue weighted by molar-refractivity contribution is 0.392. The molecule has 0 aliphatic rings. The lowest BCUT2D eigenvalue weighted by atomic mass is 10.0. The van der Waals surface area contributed by atoms with Crippen molar-refractivity contribution in [3.63, 3.8) is 0 Å². The van der Waals surface area contributed by atoms with E-state index in [1.165, 1.54) is 0 Å². The summed E-state index contributed by atoms with van der Waals surface area (Å²) in [5, 5.41) is 3.80. The molecule has 1 atom stereocenters. The maximum atomic E-state index is 13.2. The summed E-state index contributed by atoms with van der Waals surface area (Å²) in [4.78, 5) is 0. The Labute approximate surface area is 138 Å². The first-order valence-corrected chi connectivity index (χ1v) is 8.94. The van der Waals surface area contributed by atoms with E-state index in [0.717, 1.165) is 28.1 Å². The van der Waals surface area contributed by atoms with Gasteiger partial charge in [0.25, 0.3) is 0 Å². The van der Waals surface area contributed by atoms with E-state index in [0.29, 0.717) is 5.75 Å². The molecule has 118 valence electrons. The SMILES string of the molecule is Cc1noc(C)c1C[S@@](=O)C(c1ccccc1)c1ccccc1. The fraction of sp³-hybridized carbons (Fsp3) is 0.211. The van der Waals surface area contributed by atoms with Crippen molar-refractivity contribution in [2.24, 2.45) is 0 Å². The summed E-state index contributed by atoms with van der Waals surface area (Å²) in [7, 11) is -1.11. The van der Waals surface area contributed by atoms with Gasteiger partial charge < -0.3 is 4.52 Å². The number of aromatic nitrogens is 1. The highest BCUT2D eigenvalue weighted by Gasteiger charge is 2.23. The molecule has 3 rings (SSSR count). The van der Waals surface area contributed by atoms with E-state index >= 15 is 0 Å². The number of rotatable bonds is 5. The Morgan fingerprint density at radius 1 is 0.957 bits per heavy atom. The van der Waals surface area contributed by atoms with Gasteiger partial charge in [-0.15, -0.1) is 0 Å². The van der Waals surface area contributed by atoms with Gasteiger partial charge in [0.05, 0.1) is 16.7 Å². The molecular formula is C19H19NO2S. The Bertz CT molecular complexity index is 738. The normalized spacial score (nSPS) is 12.5. The average Bonchev–Trinajstić information content (AvgIpc) is 2.89. The van der Waals surface area contributed by atoms with Gasteiger partial charge in [-0.1, -0.05) is 65.8 Å². The second kappa shape index (κ2) is 6.92. The maximum absolute atomic E-state index is 13.2. The minimum Gasteiger partial charge on any atom is -0.361 e. The van der Waals surface area contributed by atoms with Gasteiger partial charge in [-0.05, 0) is 25.0 Å². The van der Waals surface area contributed by atoms with Gasteiger partial charge in [-0.2, -0.15) is 0 Å². The van der Waals surface area contributed by atoms with Gasteiger partial charge in [0.15, 0.2) is 0 Å². The number of hydrogen-bond donors (Lipinski definition) is 0. The molecule has 4 heteroatoms. The largest absolute Gasteiger partial charge is 0.361 e. The van der Waals surface area contributed by atoms with Gasteiger partial charge >= 0.3 is 0 Å². The van der Waals surface area contributed by atoms with Crippen LogP contribution in [-0.2, 0) is 16.6 Å². The molecule has 0 aliphatic carbocycles. The molecule has 0 saturated carbocycles. The second-order valence-corrected chi connectivity index (χ2v) is 7.05. The first-order valence-electron chi connectivity index (χ1n) is 7.55. The minimum atomic E-state index is -1.11. The summed E-state index contributed by atoms with van der Waals surface area (Å²) in [6.07, 6.45) is 0. The fourth-order valence-corrected chi connectivity index (χ4v) is 4.47. The molecule has 0 aliphatic heterocycles. The highest BCUT2D eigenvalue weighted by Crippen LogP contribution is 2.30. The topological polar surface area (TPSA) is 43.1 Å². The van der Waals surface area contributed by atoms with Crippen molar-refractivity contribution in [3.8, 4) is 0 Å². The van der Waals surface area contributed by atoms with Crippen molar-refractivity contribution in [2.75, 3.05) is 0 Å². The predicted molar refractivity (Wildman–Crippen MR) is 92.6 cm³/mol. The van der Waals surface area contributed by atoms with Gasteiger partial charge in [-0.3, -0.25) is 4.21 Å². The van der Waals surface area contributed by atoms with E-state index < -0.39 is 10.8 Å². The first-order chi connectivity index (χ1) is 11.2. The first kappa shape index (κ1) is 15.7. The van der Waals surface area contributed by atoms with Crippen LogP contribution in [0.2, 0.25) is 0 Å². The Morgan fingerprint density at radius 2 is 1.48 bits per heavy atom. The molecule has 1 aromatic heterocycles. The Balaban J connectivity index is 1.97. The van der Waals surface area contributed by atoms with Gasteiger partial charge in [-0.25, -0.2) is 0 Å². The van der Waals surface area contributed by atoms with Crippen LogP contribution in [0.4, 0.5) is 0 Å². The number of nitrogens with zero attached hydrogens (tertiary/aromatic N) is 1. The fourth-order valence-electron chi connectivity index (χ4n) is 2.69. The summed E-state index contributed by atoms with van der Waals surface area (Å²) in [6.45, 7) is 3.76. The van der Waals surface area contributed by atoms with Crippen LogP contribution in [0.5, 0.6) is 0 Å². The molecule has 1 heterocycles. The third-order valence-electron chi connectivity index (χ3n) is 3.94. The predicted octanol–water partition coefficient (Wildman–Crippen LogP) is 4.33.